The van der Waals surface area contributed by atoms with Crippen molar-refractivity contribution in [3.05, 3.63) is 20.8 Å². The van der Waals surface area contributed by atoms with Gasteiger partial charge in [-0.25, -0.2) is 4.98 Å². The third-order valence-corrected chi connectivity index (χ3v) is 8.42. The van der Waals surface area contributed by atoms with Crippen LogP contribution in [0.5, 0.6) is 0 Å². The molecule has 0 bridgehead atoms. The van der Waals surface area contributed by atoms with Gasteiger partial charge in [0.05, 0.1) is 17.2 Å². The first-order chi connectivity index (χ1) is 15.3. The van der Waals surface area contributed by atoms with Gasteiger partial charge in [0.2, 0.25) is 5.91 Å². The average molecular weight is 477 g/mol. The van der Waals surface area contributed by atoms with Crippen molar-refractivity contribution in [2.75, 3.05) is 26.0 Å². The quantitative estimate of drug-likeness (QED) is 0.305. The molecule has 9 heteroatoms. The number of fused-ring (bicyclic) bond motifs is 1. The van der Waals surface area contributed by atoms with Gasteiger partial charge in [-0.05, 0) is 45.6 Å². The van der Waals surface area contributed by atoms with Crippen LogP contribution in [-0.4, -0.2) is 51.9 Å². The zero-order chi connectivity index (χ0) is 23.3. The maximum atomic E-state index is 13.3. The van der Waals surface area contributed by atoms with Crippen molar-refractivity contribution in [3.63, 3.8) is 0 Å². The number of nitriles is 1. The number of carbonyl (C=O) groups excluding carboxylic acids is 1. The van der Waals surface area contributed by atoms with E-state index in [0.29, 0.717) is 36.7 Å². The first-order valence-corrected chi connectivity index (χ1v) is 13.0. The fourth-order valence-corrected chi connectivity index (χ4v) is 6.22. The van der Waals surface area contributed by atoms with Gasteiger partial charge < -0.3 is 9.64 Å². The minimum absolute atomic E-state index is 0.0579. The molecule has 1 saturated carbocycles. The molecule has 1 aliphatic rings. The number of aromatic nitrogens is 2. The van der Waals surface area contributed by atoms with Crippen molar-refractivity contribution in [3.8, 4) is 6.07 Å². The predicted octanol–water partition coefficient (Wildman–Crippen LogP) is 4.28. The minimum atomic E-state index is -0.716. The molecule has 0 aromatic carbocycles. The lowest BCUT2D eigenvalue weighted by molar-refractivity contribution is -0.131. The Balaban J connectivity index is 1.84. The Labute approximate surface area is 197 Å². The summed E-state index contributed by atoms with van der Waals surface area (Å²) in [6.07, 6.45) is 5.17. The van der Waals surface area contributed by atoms with Crippen molar-refractivity contribution in [1.82, 2.24) is 14.5 Å². The van der Waals surface area contributed by atoms with Crippen LogP contribution < -0.4 is 5.56 Å². The van der Waals surface area contributed by atoms with Crippen LogP contribution in [0.1, 0.15) is 55.9 Å². The zero-order valence-corrected chi connectivity index (χ0v) is 21.0. The van der Waals surface area contributed by atoms with Crippen LogP contribution in [0.25, 0.3) is 10.2 Å². The molecule has 2 aromatic heterocycles. The molecular formula is C23H32N4O3S2. The summed E-state index contributed by atoms with van der Waals surface area (Å²) in [5.74, 6) is 0.0411. The van der Waals surface area contributed by atoms with Crippen molar-refractivity contribution in [2.24, 2.45) is 0 Å². The molecule has 0 unspecified atom stereocenters. The van der Waals surface area contributed by atoms with Crippen LogP contribution in [0.15, 0.2) is 9.95 Å². The summed E-state index contributed by atoms with van der Waals surface area (Å²) >= 11 is 2.79. The molecule has 7 nitrogen and oxygen atoms in total. The van der Waals surface area contributed by atoms with E-state index in [1.54, 1.807) is 16.5 Å². The van der Waals surface area contributed by atoms with E-state index in [1.807, 2.05) is 20.8 Å². The lowest BCUT2D eigenvalue weighted by atomic mass is 9.81. The van der Waals surface area contributed by atoms with Gasteiger partial charge in [0.1, 0.15) is 10.4 Å². The maximum absolute atomic E-state index is 13.3. The number of amides is 1. The lowest BCUT2D eigenvalue weighted by Gasteiger charge is -2.39. The second kappa shape index (κ2) is 10.8. The van der Waals surface area contributed by atoms with Crippen LogP contribution in [0.4, 0.5) is 0 Å². The highest BCUT2D eigenvalue weighted by molar-refractivity contribution is 7.99. The van der Waals surface area contributed by atoms with E-state index in [1.165, 1.54) is 23.1 Å². The second-order valence-corrected chi connectivity index (χ2v) is 10.5. The Morgan fingerprint density at radius 2 is 2.06 bits per heavy atom. The van der Waals surface area contributed by atoms with Crippen molar-refractivity contribution in [2.45, 2.75) is 76.5 Å². The summed E-state index contributed by atoms with van der Waals surface area (Å²) in [7, 11) is 1.73. The van der Waals surface area contributed by atoms with Gasteiger partial charge in [0.25, 0.3) is 5.56 Å². The smallest absolute Gasteiger partial charge is 0.263 e. The molecule has 0 saturated heterocycles. The normalized spacial score (nSPS) is 15.6. The zero-order valence-electron chi connectivity index (χ0n) is 19.4. The first kappa shape index (κ1) is 24.7. The van der Waals surface area contributed by atoms with Crippen molar-refractivity contribution in [1.29, 1.82) is 5.26 Å². The Hall–Kier alpha value is -1.89. The first-order valence-electron chi connectivity index (χ1n) is 11.2. The van der Waals surface area contributed by atoms with Gasteiger partial charge in [0, 0.05) is 31.7 Å². The Morgan fingerprint density at radius 1 is 1.34 bits per heavy atom. The summed E-state index contributed by atoms with van der Waals surface area (Å²) < 4.78 is 7.12. The van der Waals surface area contributed by atoms with Gasteiger partial charge in [0.15, 0.2) is 5.16 Å². The van der Waals surface area contributed by atoms with Gasteiger partial charge >= 0.3 is 0 Å². The van der Waals surface area contributed by atoms with Gasteiger partial charge in [-0.2, -0.15) is 5.26 Å². The summed E-state index contributed by atoms with van der Waals surface area (Å²) in [5.41, 5.74) is 0.200. The van der Waals surface area contributed by atoms with Crippen molar-refractivity contribution < 1.29 is 9.53 Å². The van der Waals surface area contributed by atoms with E-state index >= 15 is 0 Å². The number of thiophene rings is 1. The highest BCUT2D eigenvalue weighted by Gasteiger charge is 2.38. The third kappa shape index (κ3) is 5.03. The Kier molecular flexibility index (Phi) is 8.37. The van der Waals surface area contributed by atoms with Crippen LogP contribution >= 0.6 is 23.1 Å². The van der Waals surface area contributed by atoms with Gasteiger partial charge in [-0.3, -0.25) is 14.2 Å². The number of aryl methyl sites for hydroxylation is 2. The number of thioether (sulfide) groups is 1. The Morgan fingerprint density at radius 3 is 2.72 bits per heavy atom. The molecule has 0 atom stereocenters. The summed E-state index contributed by atoms with van der Waals surface area (Å²) in [6, 6.07) is 2.40. The van der Waals surface area contributed by atoms with Crippen LogP contribution in [0.3, 0.4) is 0 Å². The van der Waals surface area contributed by atoms with E-state index in [0.717, 1.165) is 47.4 Å². The predicted molar refractivity (Wildman–Crippen MR) is 129 cm³/mol. The number of carbonyl (C=O) groups is 1. The third-order valence-electron chi connectivity index (χ3n) is 6.36. The number of rotatable bonds is 9. The van der Waals surface area contributed by atoms with E-state index in [2.05, 4.69) is 6.07 Å². The molecule has 2 heterocycles. The standard InChI is InChI=1S/C23H32N4O3S2/c1-5-30-13-9-12-27-21(29)19-16(2)17(3)32-20(19)25-22(27)31-14-18(28)26(4)23(15-24)10-7-6-8-11-23/h5-14H2,1-4H3. The molecule has 0 spiro atoms. The average Bonchev–Trinajstić information content (AvgIpc) is 3.09. The fourth-order valence-electron chi connectivity index (χ4n) is 4.21. The lowest BCUT2D eigenvalue weighted by Crippen LogP contribution is -2.50. The summed E-state index contributed by atoms with van der Waals surface area (Å²) in [4.78, 5) is 34.5. The molecule has 0 N–H and O–H groups in total. The monoisotopic (exact) mass is 476 g/mol. The Bertz CT molecular complexity index is 1060. The SMILES string of the molecule is CCOCCCn1c(SCC(=O)N(C)C2(C#N)CCCCC2)nc2sc(C)c(C)c2c1=O. The number of hydrogen-bond acceptors (Lipinski definition) is 7. The molecule has 3 rings (SSSR count). The molecular weight excluding hydrogens is 444 g/mol. The number of ether oxygens (including phenoxy) is 1. The van der Waals surface area contributed by atoms with E-state index in [4.69, 9.17) is 9.72 Å². The molecule has 32 heavy (non-hydrogen) atoms. The summed E-state index contributed by atoms with van der Waals surface area (Å²) in [6.45, 7) is 7.60. The number of nitrogens with zero attached hydrogens (tertiary/aromatic N) is 4. The van der Waals surface area contributed by atoms with Crippen LogP contribution in [0.2, 0.25) is 0 Å². The van der Waals surface area contributed by atoms with Crippen LogP contribution in [0, 0.1) is 25.2 Å². The van der Waals surface area contributed by atoms with Gasteiger partial charge in [-0.1, -0.05) is 31.0 Å². The molecule has 0 aliphatic heterocycles. The highest BCUT2D eigenvalue weighted by atomic mass is 32.2. The topological polar surface area (TPSA) is 88.2 Å². The van der Waals surface area contributed by atoms with Crippen molar-refractivity contribution >= 4 is 39.2 Å². The van der Waals surface area contributed by atoms with Gasteiger partial charge in [-0.15, -0.1) is 11.3 Å². The molecule has 174 valence electrons. The van der Waals surface area contributed by atoms with E-state index in [9.17, 15) is 14.9 Å². The summed E-state index contributed by atoms with van der Waals surface area (Å²) in [5, 5.41) is 11.0. The second-order valence-electron chi connectivity index (χ2n) is 8.31. The number of hydrogen-bond donors (Lipinski definition) is 0. The largest absolute Gasteiger partial charge is 0.382 e. The molecule has 1 aliphatic carbocycles. The fraction of sp³-hybridized carbons (Fsp3) is 0.652. The molecule has 2 aromatic rings. The van der Waals surface area contributed by atoms with E-state index in [-0.39, 0.29) is 17.2 Å². The maximum Gasteiger partial charge on any atom is 0.263 e. The van der Waals surface area contributed by atoms with E-state index < -0.39 is 5.54 Å². The van der Waals surface area contributed by atoms with Crippen LogP contribution in [-0.2, 0) is 16.1 Å². The highest BCUT2D eigenvalue weighted by Crippen LogP contribution is 2.33. The molecule has 0 radical (unpaired) electrons. The minimum Gasteiger partial charge on any atom is -0.382 e. The molecule has 1 amide bonds. The molecule has 1 fully saturated rings.